The molecule has 0 fully saturated rings. The molecule has 0 aliphatic rings. The largest absolute Gasteiger partial charge is 0.790 e. The van der Waals surface area contributed by atoms with Crippen LogP contribution in [0, 0.1) is 7.43 Å². The maximum atomic E-state index is 4.57. The summed E-state index contributed by atoms with van der Waals surface area (Å²) in [5.41, 5.74) is 0. The van der Waals surface area contributed by atoms with Crippen molar-refractivity contribution >= 4 is 12.6 Å². The molecule has 0 aliphatic heterocycles. The fourth-order valence-electron chi connectivity index (χ4n) is 0.0481. The molecule has 0 saturated carbocycles. The van der Waals surface area contributed by atoms with Gasteiger partial charge in [-0.15, -0.1) is 0 Å². The van der Waals surface area contributed by atoms with Crippen LogP contribution in [-0.2, 0) is 17.5 Å². The van der Waals surface area contributed by atoms with Gasteiger partial charge in [-0.1, -0.05) is 0 Å². The Bertz CT molecular complexity index is 22.4. The van der Waals surface area contributed by atoms with Crippen LogP contribution in [0.3, 0.4) is 0 Å². The minimum Gasteiger partial charge on any atom is -0.790 e. The fraction of sp³-hybridized carbons (Fsp3) is 0.667. The average Bonchev–Trinajstić information content (AvgIpc) is 1.41. The summed E-state index contributed by atoms with van der Waals surface area (Å²) in [7, 11) is 0. The molecule has 0 amide bonds. The molecule has 0 bridgehead atoms. The van der Waals surface area contributed by atoms with Gasteiger partial charge in [-0.3, -0.25) is 0 Å². The first-order valence-corrected chi connectivity index (χ1v) is 1.89. The summed E-state index contributed by atoms with van der Waals surface area (Å²) in [6.45, 7) is 0.481. The molecule has 0 unspecified atom stereocenters. The van der Waals surface area contributed by atoms with E-state index in [2.05, 4.69) is 23.4 Å². The summed E-state index contributed by atoms with van der Waals surface area (Å²) < 4.78 is 0. The van der Waals surface area contributed by atoms with Gasteiger partial charge in [-0.2, -0.15) is 5.75 Å². The van der Waals surface area contributed by atoms with Crippen LogP contribution in [0.1, 0.15) is 0 Å². The average molecular weight is 375 g/mol. The Morgan fingerprint density at radius 1 is 1.57 bits per heavy atom. The third-order valence-corrected chi connectivity index (χ3v) is 0.368. The third-order valence-electron chi connectivity index (χ3n) is 0.201. The molecule has 0 aliphatic carbocycles. The number of hydrogen-bond donors (Lipinski definition) is 1. The van der Waals surface area contributed by atoms with Gasteiger partial charge in [0.2, 0.25) is 0 Å². The van der Waals surface area contributed by atoms with Gasteiger partial charge >= 0.3 is 0 Å². The second kappa shape index (κ2) is 18.6. The molecule has 7 heavy (non-hydrogen) atoms. The van der Waals surface area contributed by atoms with E-state index < -0.39 is 0 Å². The van der Waals surface area contributed by atoms with E-state index in [0.29, 0.717) is 12.4 Å². The van der Waals surface area contributed by atoms with Gasteiger partial charge < -0.3 is 24.9 Å². The third kappa shape index (κ3) is 34.9. The first-order valence-electron chi connectivity index (χ1n) is 1.31. The van der Waals surface area contributed by atoms with Gasteiger partial charge in [0.25, 0.3) is 0 Å². The Morgan fingerprint density at radius 2 is 2.00 bits per heavy atom. The van der Waals surface area contributed by atoms with Crippen molar-refractivity contribution in [2.45, 2.75) is 0 Å². The van der Waals surface area contributed by atoms with Crippen LogP contribution in [-0.4, -0.2) is 12.4 Å². The van der Waals surface area contributed by atoms with E-state index in [1.165, 1.54) is 0 Å². The molecule has 0 aromatic carbocycles. The Hall–Kier alpha value is -0.730. The zero-order chi connectivity index (χ0) is 4.12. The molecule has 0 saturated heterocycles. The van der Waals surface area contributed by atoms with Crippen LogP contribution in [0.5, 0.6) is 0 Å². The van der Waals surface area contributed by atoms with Crippen LogP contribution in [0.2, 0.25) is 0 Å². The van der Waals surface area contributed by atoms with Crippen LogP contribution in [0.4, 0.5) is 0 Å². The SMILES string of the molecule is NOCC[S-].[CH3-].[Db]. The topological polar surface area (TPSA) is 35.2 Å². The molecular weight excluding hydrogens is 366 g/mol. The normalized spacial score (nSPS) is 6.00. The number of nitrogens with two attached hydrogens (primary N) is 1. The Balaban J connectivity index is -0.0000000800. The molecule has 0 heterocycles. The molecule has 0 aromatic heterocycles. The monoisotopic (exact) mass is 375 g/mol. The number of rotatable bonds is 2. The van der Waals surface area contributed by atoms with Crippen molar-refractivity contribution in [2.75, 3.05) is 12.4 Å². The minimum absolute atomic E-state index is 0. The van der Waals surface area contributed by atoms with Crippen LogP contribution in [0.25, 0.3) is 0 Å². The standard InChI is InChI=1S/C2H7NOS.CH3.Db/c3-4-1-2-5;;/h5H,1-3H2;1H3;/q;-1;/p-1. The Morgan fingerprint density at radius 3 is 2.00 bits per heavy atom. The van der Waals surface area contributed by atoms with Crippen LogP contribution < -0.4 is 5.90 Å². The van der Waals surface area contributed by atoms with E-state index in [1.807, 2.05) is 0 Å². The van der Waals surface area contributed by atoms with Crippen molar-refractivity contribution in [2.24, 2.45) is 5.90 Å². The number of hydrogen-bond acceptors (Lipinski definition) is 3. The van der Waals surface area contributed by atoms with Gasteiger partial charge in [-0.05, 0) is 0 Å². The Kier molecular flexibility index (Phi) is 43.4. The minimum atomic E-state index is 0. The predicted octanol–water partition coefficient (Wildman–Crippen LogP) is -0.126. The van der Waals surface area contributed by atoms with E-state index in [1.54, 1.807) is 0 Å². The molecule has 42 valence electrons. The summed E-state index contributed by atoms with van der Waals surface area (Å²) in [5, 5.41) is 0. The summed E-state index contributed by atoms with van der Waals surface area (Å²) in [4.78, 5) is 4.09. The summed E-state index contributed by atoms with van der Waals surface area (Å²) >= 11 is 4.45. The van der Waals surface area contributed by atoms with E-state index in [9.17, 15) is 0 Å². The van der Waals surface area contributed by atoms with E-state index in [-0.39, 0.29) is 7.43 Å². The second-order valence-corrected chi connectivity index (χ2v) is 0.983. The van der Waals surface area contributed by atoms with Crippen LogP contribution in [0.15, 0.2) is 0 Å². The molecular formula is C3H9DbNOS-2. The Labute approximate surface area is 44.0 Å². The van der Waals surface area contributed by atoms with E-state index in [0.717, 1.165) is 0 Å². The van der Waals surface area contributed by atoms with E-state index in [4.69, 9.17) is 0 Å². The van der Waals surface area contributed by atoms with Gasteiger partial charge in [-0.25, -0.2) is 5.90 Å². The van der Waals surface area contributed by atoms with Crippen molar-refractivity contribution in [3.63, 3.8) is 0 Å². The summed E-state index contributed by atoms with van der Waals surface area (Å²) in [5.74, 6) is 5.15. The predicted molar refractivity (Wildman–Crippen MR) is 28.8 cm³/mol. The second-order valence-electron chi connectivity index (χ2n) is 0.575. The fourth-order valence-corrected chi connectivity index (χ4v) is 0.144. The van der Waals surface area contributed by atoms with Crippen LogP contribution >= 0.6 is 0 Å². The molecule has 2 nitrogen and oxygen atoms in total. The quantitative estimate of drug-likeness (QED) is 0.415. The molecule has 0 rings (SSSR count). The maximum Gasteiger partial charge on any atom is 0.0461 e. The first kappa shape index (κ1) is 16.3. The van der Waals surface area contributed by atoms with E-state index >= 15 is 0 Å². The molecule has 0 radical (unpaired) electrons. The zero-order valence-corrected chi connectivity index (χ0v) is 11.8. The summed E-state index contributed by atoms with van der Waals surface area (Å²) in [6, 6.07) is 0. The first-order chi connectivity index (χ1) is 2.41. The molecule has 0 aromatic rings. The summed E-state index contributed by atoms with van der Waals surface area (Å²) in [6.07, 6.45) is 0. The smallest absolute Gasteiger partial charge is 0.0461 e. The van der Waals surface area contributed by atoms with Gasteiger partial charge in [0.1, 0.15) is 0 Å². The van der Waals surface area contributed by atoms with Gasteiger partial charge in [0.05, 0.1) is 0 Å². The molecule has 0 atom stereocenters. The molecule has 2 N–H and O–H groups in total. The van der Waals surface area contributed by atoms with Crippen molar-refractivity contribution in [3.05, 3.63) is 7.43 Å². The van der Waals surface area contributed by atoms with Crippen molar-refractivity contribution in [1.82, 2.24) is 0 Å². The van der Waals surface area contributed by atoms with Gasteiger partial charge in [0, 0.05) is 6.61 Å². The van der Waals surface area contributed by atoms with Crippen molar-refractivity contribution < 1.29 is 4.84 Å². The van der Waals surface area contributed by atoms with Crippen molar-refractivity contribution in [3.8, 4) is 0 Å². The zero-order valence-electron chi connectivity index (χ0n) is 4.52. The van der Waals surface area contributed by atoms with Crippen molar-refractivity contribution in [1.29, 1.82) is 0 Å². The van der Waals surface area contributed by atoms with Gasteiger partial charge in [0.15, 0.2) is 0 Å². The molecule has 4 heteroatoms. The molecule has 0 spiro atoms. The maximum absolute atomic E-state index is 4.57.